The van der Waals surface area contributed by atoms with Gasteiger partial charge in [0, 0.05) is 25.4 Å². The molecule has 5 nitrogen and oxygen atoms in total. The van der Waals surface area contributed by atoms with Crippen molar-refractivity contribution in [3.63, 3.8) is 0 Å². The first-order valence-electron chi connectivity index (χ1n) is 5.18. The van der Waals surface area contributed by atoms with Crippen LogP contribution in [0.15, 0.2) is 34.9 Å². The monoisotopic (exact) mass is 231 g/mol. The third-order valence-corrected chi connectivity index (χ3v) is 2.13. The van der Waals surface area contributed by atoms with E-state index in [1.54, 1.807) is 36.1 Å². The molecule has 0 saturated carbocycles. The van der Waals surface area contributed by atoms with Gasteiger partial charge < -0.3 is 9.73 Å². The quantitative estimate of drug-likeness (QED) is 0.821. The van der Waals surface area contributed by atoms with Gasteiger partial charge in [-0.1, -0.05) is 0 Å². The van der Waals surface area contributed by atoms with E-state index in [1.807, 2.05) is 13.0 Å². The van der Waals surface area contributed by atoms with Crippen molar-refractivity contribution in [1.29, 1.82) is 0 Å². The van der Waals surface area contributed by atoms with Gasteiger partial charge in [-0.2, -0.15) is 5.10 Å². The van der Waals surface area contributed by atoms with Crippen molar-refractivity contribution in [3.05, 3.63) is 42.0 Å². The van der Waals surface area contributed by atoms with Crippen LogP contribution in [0.25, 0.3) is 6.08 Å². The molecule has 2 aromatic rings. The van der Waals surface area contributed by atoms with E-state index in [-0.39, 0.29) is 5.91 Å². The predicted molar refractivity (Wildman–Crippen MR) is 64.3 cm³/mol. The molecule has 0 fully saturated rings. The highest BCUT2D eigenvalue weighted by Crippen LogP contribution is 2.08. The predicted octanol–water partition coefficient (Wildman–Crippen LogP) is 1.97. The molecule has 0 bridgehead atoms. The van der Waals surface area contributed by atoms with E-state index in [1.165, 1.54) is 6.08 Å². The largest absolute Gasteiger partial charge is 0.462 e. The van der Waals surface area contributed by atoms with Crippen molar-refractivity contribution in [2.75, 3.05) is 5.32 Å². The SMILES string of the molecule is Cc1ccc(C=CC(=O)Nc2ccn(C)n2)o1. The van der Waals surface area contributed by atoms with Crippen molar-refractivity contribution in [3.8, 4) is 0 Å². The summed E-state index contributed by atoms with van der Waals surface area (Å²) in [6, 6.07) is 5.37. The normalized spacial score (nSPS) is 10.9. The minimum absolute atomic E-state index is 0.238. The molecular formula is C12H13N3O2. The first-order valence-corrected chi connectivity index (χ1v) is 5.18. The van der Waals surface area contributed by atoms with Gasteiger partial charge in [-0.25, -0.2) is 0 Å². The van der Waals surface area contributed by atoms with E-state index in [0.29, 0.717) is 11.6 Å². The fourth-order valence-electron chi connectivity index (χ4n) is 1.35. The van der Waals surface area contributed by atoms with Crippen LogP contribution in [-0.2, 0) is 11.8 Å². The number of nitrogens with zero attached hydrogens (tertiary/aromatic N) is 2. The molecule has 0 aromatic carbocycles. The first kappa shape index (κ1) is 11.2. The highest BCUT2D eigenvalue weighted by molar-refractivity contribution is 6.01. The number of furan rings is 1. The fraction of sp³-hybridized carbons (Fsp3) is 0.167. The minimum atomic E-state index is -0.238. The number of carbonyl (C=O) groups excluding carboxylic acids is 1. The van der Waals surface area contributed by atoms with E-state index >= 15 is 0 Å². The Morgan fingerprint density at radius 2 is 2.29 bits per heavy atom. The zero-order valence-electron chi connectivity index (χ0n) is 9.68. The second-order valence-corrected chi connectivity index (χ2v) is 3.65. The molecule has 17 heavy (non-hydrogen) atoms. The van der Waals surface area contributed by atoms with Crippen LogP contribution in [0.2, 0.25) is 0 Å². The van der Waals surface area contributed by atoms with Gasteiger partial charge in [0.05, 0.1) is 0 Å². The number of amides is 1. The Hall–Kier alpha value is -2.30. The Bertz CT molecular complexity index is 552. The van der Waals surface area contributed by atoms with Crippen molar-refractivity contribution in [2.24, 2.45) is 7.05 Å². The van der Waals surface area contributed by atoms with Gasteiger partial charge in [-0.05, 0) is 25.1 Å². The van der Waals surface area contributed by atoms with Gasteiger partial charge in [0.15, 0.2) is 5.82 Å². The third-order valence-electron chi connectivity index (χ3n) is 2.13. The molecule has 0 atom stereocenters. The Morgan fingerprint density at radius 1 is 1.47 bits per heavy atom. The van der Waals surface area contributed by atoms with Gasteiger partial charge in [-0.15, -0.1) is 0 Å². The molecule has 0 aliphatic rings. The standard InChI is InChI=1S/C12H13N3O2/c1-9-3-4-10(17-9)5-6-12(16)13-11-7-8-15(2)14-11/h3-8H,1-2H3,(H,13,14,16). The Balaban J connectivity index is 1.95. The molecule has 2 aromatic heterocycles. The number of nitrogens with one attached hydrogen (secondary N) is 1. The van der Waals surface area contributed by atoms with Crippen LogP contribution >= 0.6 is 0 Å². The zero-order valence-corrected chi connectivity index (χ0v) is 9.68. The number of hydrogen-bond acceptors (Lipinski definition) is 3. The summed E-state index contributed by atoms with van der Waals surface area (Å²) in [5.41, 5.74) is 0. The summed E-state index contributed by atoms with van der Waals surface area (Å²) in [7, 11) is 1.79. The summed E-state index contributed by atoms with van der Waals surface area (Å²) >= 11 is 0. The summed E-state index contributed by atoms with van der Waals surface area (Å²) in [5.74, 6) is 1.75. The Morgan fingerprint density at radius 3 is 2.88 bits per heavy atom. The van der Waals surface area contributed by atoms with E-state index in [4.69, 9.17) is 4.42 Å². The van der Waals surface area contributed by atoms with Gasteiger partial charge in [-0.3, -0.25) is 9.48 Å². The van der Waals surface area contributed by atoms with Crippen LogP contribution in [0.5, 0.6) is 0 Å². The van der Waals surface area contributed by atoms with Crippen LogP contribution in [0.4, 0.5) is 5.82 Å². The molecule has 2 heterocycles. The highest BCUT2D eigenvalue weighted by Gasteiger charge is 2.00. The number of aromatic nitrogens is 2. The lowest BCUT2D eigenvalue weighted by Gasteiger charge is -1.95. The van der Waals surface area contributed by atoms with E-state index in [9.17, 15) is 4.79 Å². The van der Waals surface area contributed by atoms with Crippen molar-refractivity contribution in [1.82, 2.24) is 9.78 Å². The minimum Gasteiger partial charge on any atom is -0.462 e. The number of aryl methyl sites for hydroxylation is 2. The maximum atomic E-state index is 11.5. The van der Waals surface area contributed by atoms with Crippen molar-refractivity contribution >= 4 is 17.8 Å². The summed E-state index contributed by atoms with van der Waals surface area (Å²) in [6.45, 7) is 1.85. The molecule has 0 spiro atoms. The van der Waals surface area contributed by atoms with Gasteiger partial charge in [0.2, 0.25) is 5.91 Å². The fourth-order valence-corrected chi connectivity index (χ4v) is 1.35. The van der Waals surface area contributed by atoms with Gasteiger partial charge in [0.1, 0.15) is 11.5 Å². The number of anilines is 1. The van der Waals surface area contributed by atoms with Crippen LogP contribution in [-0.4, -0.2) is 15.7 Å². The molecule has 5 heteroatoms. The molecule has 2 rings (SSSR count). The van der Waals surface area contributed by atoms with Crippen LogP contribution in [0.1, 0.15) is 11.5 Å². The average Bonchev–Trinajstić information content (AvgIpc) is 2.85. The third kappa shape index (κ3) is 3.07. The summed E-state index contributed by atoms with van der Waals surface area (Å²) in [5, 5.41) is 6.68. The summed E-state index contributed by atoms with van der Waals surface area (Å²) < 4.78 is 6.92. The maximum absolute atomic E-state index is 11.5. The number of carbonyl (C=O) groups is 1. The van der Waals surface area contributed by atoms with E-state index in [0.717, 1.165) is 5.76 Å². The molecule has 0 saturated heterocycles. The first-order chi connectivity index (χ1) is 8.13. The topological polar surface area (TPSA) is 60.1 Å². The van der Waals surface area contributed by atoms with Crippen LogP contribution in [0.3, 0.4) is 0 Å². The van der Waals surface area contributed by atoms with Crippen LogP contribution < -0.4 is 5.32 Å². The molecule has 88 valence electrons. The molecule has 1 amide bonds. The van der Waals surface area contributed by atoms with Crippen molar-refractivity contribution in [2.45, 2.75) is 6.92 Å². The van der Waals surface area contributed by atoms with E-state index < -0.39 is 0 Å². The van der Waals surface area contributed by atoms with Crippen molar-refractivity contribution < 1.29 is 9.21 Å². The lowest BCUT2D eigenvalue weighted by molar-refractivity contribution is -0.111. The van der Waals surface area contributed by atoms with E-state index in [2.05, 4.69) is 10.4 Å². The summed E-state index contributed by atoms with van der Waals surface area (Å²) in [6.07, 6.45) is 4.79. The molecule has 0 unspecified atom stereocenters. The molecule has 0 radical (unpaired) electrons. The smallest absolute Gasteiger partial charge is 0.249 e. The number of rotatable bonds is 3. The lowest BCUT2D eigenvalue weighted by atomic mass is 10.4. The van der Waals surface area contributed by atoms with Crippen LogP contribution in [0, 0.1) is 6.92 Å². The lowest BCUT2D eigenvalue weighted by Crippen LogP contribution is -2.08. The average molecular weight is 231 g/mol. The summed E-state index contributed by atoms with van der Waals surface area (Å²) in [4.78, 5) is 11.5. The van der Waals surface area contributed by atoms with Gasteiger partial charge in [0.25, 0.3) is 0 Å². The molecule has 1 N–H and O–H groups in total. The second kappa shape index (κ2) is 4.69. The Labute approximate surface area is 98.7 Å². The van der Waals surface area contributed by atoms with Gasteiger partial charge >= 0.3 is 0 Å². The zero-order chi connectivity index (χ0) is 12.3. The molecule has 0 aliphatic carbocycles. The maximum Gasteiger partial charge on any atom is 0.249 e. The molecule has 0 aliphatic heterocycles. The number of hydrogen-bond donors (Lipinski definition) is 1. The Kier molecular flexibility index (Phi) is 3.09. The second-order valence-electron chi connectivity index (χ2n) is 3.65. The molecular weight excluding hydrogens is 218 g/mol. The highest BCUT2D eigenvalue weighted by atomic mass is 16.3.